The van der Waals surface area contributed by atoms with Gasteiger partial charge in [-0.1, -0.05) is 12.8 Å². The van der Waals surface area contributed by atoms with Crippen LogP contribution in [0.5, 0.6) is 0 Å². The van der Waals surface area contributed by atoms with E-state index in [9.17, 15) is 19.5 Å². The van der Waals surface area contributed by atoms with Gasteiger partial charge in [0.15, 0.2) is 0 Å². The summed E-state index contributed by atoms with van der Waals surface area (Å²) in [7, 11) is 0. The quantitative estimate of drug-likeness (QED) is 0.418. The summed E-state index contributed by atoms with van der Waals surface area (Å²) in [6, 6.07) is -0.0421. The Morgan fingerprint density at radius 2 is 1.70 bits per heavy atom. The molecule has 2 aliphatic rings. The van der Waals surface area contributed by atoms with Crippen molar-refractivity contribution in [1.29, 1.82) is 0 Å². The Bertz CT molecular complexity index is 522. The van der Waals surface area contributed by atoms with Crippen LogP contribution in [-0.2, 0) is 19.1 Å². The highest BCUT2D eigenvalue weighted by molar-refractivity contribution is 5.84. The molecule has 0 aromatic rings. The third kappa shape index (κ3) is 5.90. The van der Waals surface area contributed by atoms with Gasteiger partial charge < -0.3 is 25.4 Å². The van der Waals surface area contributed by atoms with Crippen molar-refractivity contribution in [3.63, 3.8) is 0 Å². The first kappa shape index (κ1) is 21.6. The van der Waals surface area contributed by atoms with Gasteiger partial charge >= 0.3 is 11.9 Å². The molecular weight excluding hydrogens is 354 g/mol. The predicted octanol–water partition coefficient (Wildman–Crippen LogP) is 1.41. The van der Waals surface area contributed by atoms with Crippen LogP contribution in [0.1, 0.15) is 57.8 Å². The number of carboxylic acids is 2. The fourth-order valence-electron chi connectivity index (χ4n) is 4.38. The fraction of sp³-hybridized carbons (Fsp3) is 0.842. The fourth-order valence-corrected chi connectivity index (χ4v) is 4.38. The topological polar surface area (TPSA) is 133 Å². The van der Waals surface area contributed by atoms with Crippen LogP contribution >= 0.6 is 0 Å². The van der Waals surface area contributed by atoms with Gasteiger partial charge in [0, 0.05) is 6.04 Å². The number of rotatable bonds is 10. The molecule has 2 aliphatic carbocycles. The lowest BCUT2D eigenvalue weighted by Crippen LogP contribution is -2.47. The maximum atomic E-state index is 13.0. The Morgan fingerprint density at radius 3 is 2.22 bits per heavy atom. The zero-order valence-electron chi connectivity index (χ0n) is 15.7. The summed E-state index contributed by atoms with van der Waals surface area (Å²) in [5.74, 6) is -3.00. The molecule has 0 saturated heterocycles. The molecule has 154 valence electrons. The van der Waals surface area contributed by atoms with Crippen molar-refractivity contribution in [2.45, 2.75) is 63.8 Å². The number of amides is 1. The molecule has 0 bridgehead atoms. The van der Waals surface area contributed by atoms with E-state index in [-0.39, 0.29) is 44.1 Å². The maximum Gasteiger partial charge on any atom is 0.308 e. The van der Waals surface area contributed by atoms with Crippen LogP contribution < -0.4 is 5.32 Å². The number of ether oxygens (including phenoxy) is 1. The summed E-state index contributed by atoms with van der Waals surface area (Å²) >= 11 is 0. The number of carboxylic acid groups (broad SMARTS) is 2. The molecule has 0 spiro atoms. The number of aliphatic carboxylic acids is 2. The molecule has 0 aromatic carbocycles. The Balaban J connectivity index is 1.96. The smallest absolute Gasteiger partial charge is 0.308 e. The normalized spacial score (nSPS) is 25.7. The van der Waals surface area contributed by atoms with Crippen LogP contribution in [0.25, 0.3) is 0 Å². The Hall–Kier alpha value is -1.67. The van der Waals surface area contributed by atoms with Crippen molar-refractivity contribution in [2.75, 3.05) is 19.8 Å². The summed E-state index contributed by atoms with van der Waals surface area (Å²) in [5, 5.41) is 30.5. The average Bonchev–Trinajstić information content (AvgIpc) is 3.11. The summed E-state index contributed by atoms with van der Waals surface area (Å²) < 4.78 is 5.21. The summed E-state index contributed by atoms with van der Waals surface area (Å²) in [6.45, 7) is -0.110. The minimum atomic E-state index is -0.992. The molecule has 1 atom stereocenters. The molecule has 1 amide bonds. The van der Waals surface area contributed by atoms with E-state index >= 15 is 0 Å². The molecule has 0 heterocycles. The van der Waals surface area contributed by atoms with Gasteiger partial charge in [-0.05, 0) is 44.9 Å². The van der Waals surface area contributed by atoms with Crippen molar-refractivity contribution in [2.24, 2.45) is 17.3 Å². The van der Waals surface area contributed by atoms with Crippen LogP contribution in [0.15, 0.2) is 0 Å². The summed E-state index contributed by atoms with van der Waals surface area (Å²) in [5.41, 5.74) is -0.699. The molecule has 0 aliphatic heterocycles. The Labute approximate surface area is 159 Å². The van der Waals surface area contributed by atoms with Crippen LogP contribution in [0.3, 0.4) is 0 Å². The van der Waals surface area contributed by atoms with Crippen molar-refractivity contribution < 1.29 is 34.4 Å². The van der Waals surface area contributed by atoms with E-state index in [2.05, 4.69) is 5.32 Å². The van der Waals surface area contributed by atoms with E-state index in [0.717, 1.165) is 12.8 Å². The van der Waals surface area contributed by atoms with Crippen LogP contribution in [0.2, 0.25) is 0 Å². The van der Waals surface area contributed by atoms with Gasteiger partial charge in [-0.25, -0.2) is 0 Å². The lowest BCUT2D eigenvalue weighted by Gasteiger charge is -2.34. The van der Waals surface area contributed by atoms with Crippen molar-refractivity contribution in [3.8, 4) is 0 Å². The van der Waals surface area contributed by atoms with Crippen molar-refractivity contribution >= 4 is 17.8 Å². The van der Waals surface area contributed by atoms with Crippen LogP contribution in [-0.4, -0.2) is 59.0 Å². The number of carbonyl (C=O) groups excluding carboxylic acids is 1. The van der Waals surface area contributed by atoms with E-state index in [4.69, 9.17) is 14.9 Å². The van der Waals surface area contributed by atoms with Gasteiger partial charge in [0.1, 0.15) is 0 Å². The molecule has 0 radical (unpaired) electrons. The minimum Gasteiger partial charge on any atom is -0.481 e. The highest BCUT2D eigenvalue weighted by Gasteiger charge is 2.45. The molecule has 2 saturated carbocycles. The Morgan fingerprint density at radius 1 is 1.07 bits per heavy atom. The number of hydrogen-bond donors (Lipinski definition) is 4. The maximum absolute atomic E-state index is 13.0. The first-order valence-electron chi connectivity index (χ1n) is 9.83. The highest BCUT2D eigenvalue weighted by Crippen LogP contribution is 2.44. The molecule has 8 heteroatoms. The molecule has 4 N–H and O–H groups in total. The van der Waals surface area contributed by atoms with Gasteiger partial charge in [0.25, 0.3) is 0 Å². The van der Waals surface area contributed by atoms with E-state index in [1.165, 1.54) is 0 Å². The van der Waals surface area contributed by atoms with Gasteiger partial charge in [-0.2, -0.15) is 0 Å². The van der Waals surface area contributed by atoms with Crippen molar-refractivity contribution in [1.82, 2.24) is 5.32 Å². The largest absolute Gasteiger partial charge is 0.481 e. The third-order valence-electron chi connectivity index (χ3n) is 6.00. The second kappa shape index (κ2) is 10.0. The minimum absolute atomic E-state index is 0.0192. The first-order chi connectivity index (χ1) is 12.9. The monoisotopic (exact) mass is 385 g/mol. The van der Waals surface area contributed by atoms with E-state index in [0.29, 0.717) is 38.5 Å². The van der Waals surface area contributed by atoms with Gasteiger partial charge in [0.2, 0.25) is 5.91 Å². The van der Waals surface area contributed by atoms with Gasteiger partial charge in [-0.3, -0.25) is 14.4 Å². The highest BCUT2D eigenvalue weighted by atomic mass is 16.5. The van der Waals surface area contributed by atoms with E-state index in [1.54, 1.807) is 0 Å². The lowest BCUT2D eigenvalue weighted by molar-refractivity contribution is -0.147. The summed E-state index contributed by atoms with van der Waals surface area (Å²) in [4.78, 5) is 35.7. The molecular formula is C19H31NO7. The van der Waals surface area contributed by atoms with Crippen LogP contribution in [0.4, 0.5) is 0 Å². The summed E-state index contributed by atoms with van der Waals surface area (Å²) in [6.07, 6.45) is 5.72. The molecule has 27 heavy (non-hydrogen) atoms. The SMILES string of the molecule is O=C(O)C1CCC(NC(=O)C2(CC(COCCO)C(=O)O)CCCC2)CC1. The molecule has 2 rings (SSSR count). The first-order valence-corrected chi connectivity index (χ1v) is 9.83. The number of aliphatic hydroxyl groups is 1. The number of nitrogens with one attached hydrogen (secondary N) is 1. The van der Waals surface area contributed by atoms with Crippen LogP contribution in [0, 0.1) is 17.3 Å². The van der Waals surface area contributed by atoms with E-state index < -0.39 is 23.3 Å². The average molecular weight is 385 g/mol. The molecule has 1 unspecified atom stereocenters. The zero-order valence-corrected chi connectivity index (χ0v) is 15.7. The van der Waals surface area contributed by atoms with Crippen molar-refractivity contribution in [3.05, 3.63) is 0 Å². The molecule has 0 aromatic heterocycles. The number of aliphatic hydroxyl groups excluding tert-OH is 1. The van der Waals surface area contributed by atoms with Gasteiger partial charge in [-0.15, -0.1) is 0 Å². The second-order valence-electron chi connectivity index (χ2n) is 7.89. The molecule has 8 nitrogen and oxygen atoms in total. The number of hydrogen-bond acceptors (Lipinski definition) is 5. The standard InChI is InChI=1S/C19H31NO7/c21-9-10-27-12-14(17(24)25)11-19(7-1-2-8-19)18(26)20-15-5-3-13(4-6-15)16(22)23/h13-15,21H,1-12H2,(H,20,26)(H,22,23)(H,24,25). The van der Waals surface area contributed by atoms with E-state index in [1.807, 2.05) is 0 Å². The Kier molecular flexibility index (Phi) is 8.04. The molecule has 2 fully saturated rings. The second-order valence-corrected chi connectivity index (χ2v) is 7.89. The predicted molar refractivity (Wildman–Crippen MR) is 96.1 cm³/mol. The zero-order chi connectivity index (χ0) is 19.9. The lowest BCUT2D eigenvalue weighted by atomic mass is 9.76. The third-order valence-corrected chi connectivity index (χ3v) is 6.00. The number of carbonyl (C=O) groups is 3. The van der Waals surface area contributed by atoms with Gasteiger partial charge in [0.05, 0.1) is 37.1 Å².